The van der Waals surface area contributed by atoms with Gasteiger partial charge in [0.1, 0.15) is 0 Å². The van der Waals surface area contributed by atoms with Gasteiger partial charge in [-0.05, 0) is 36.3 Å². The summed E-state index contributed by atoms with van der Waals surface area (Å²) in [6.07, 6.45) is 3.09. The zero-order valence-corrected chi connectivity index (χ0v) is 10.9. The van der Waals surface area contributed by atoms with Gasteiger partial charge >= 0.3 is 0 Å². The molecule has 2 N–H and O–H groups in total. The Balaban J connectivity index is 1.93. The molecule has 0 aromatic heterocycles. The van der Waals surface area contributed by atoms with Crippen LogP contribution in [0.4, 0.5) is 0 Å². The molecule has 1 aromatic carbocycles. The summed E-state index contributed by atoms with van der Waals surface area (Å²) >= 11 is 0. The zero-order chi connectivity index (χ0) is 12.3. The van der Waals surface area contributed by atoms with Crippen LogP contribution in [0.25, 0.3) is 0 Å². The minimum absolute atomic E-state index is 0.159. The van der Waals surface area contributed by atoms with Crippen molar-refractivity contribution < 1.29 is 4.74 Å². The van der Waals surface area contributed by atoms with E-state index in [1.165, 1.54) is 11.1 Å². The molecule has 0 saturated heterocycles. The largest absolute Gasteiger partial charge is 0.381 e. The van der Waals surface area contributed by atoms with Crippen molar-refractivity contribution in [2.24, 2.45) is 11.7 Å². The van der Waals surface area contributed by atoms with Gasteiger partial charge in [-0.3, -0.25) is 0 Å². The standard InChI is InChI=1S/C15H23NO/c1-12(2)11-17-10-9-15(16)8-7-13-5-3-4-6-14(13)15/h3-6,12H,7-11,16H2,1-2H3. The molecule has 0 amide bonds. The topological polar surface area (TPSA) is 35.2 Å². The minimum Gasteiger partial charge on any atom is -0.381 e. The Morgan fingerprint density at radius 3 is 2.88 bits per heavy atom. The maximum atomic E-state index is 6.51. The molecule has 0 fully saturated rings. The lowest BCUT2D eigenvalue weighted by Crippen LogP contribution is -2.35. The number of nitrogens with two attached hydrogens (primary N) is 1. The SMILES string of the molecule is CC(C)COCCC1(N)CCc2ccccc21. The van der Waals surface area contributed by atoms with Gasteiger partial charge < -0.3 is 10.5 Å². The van der Waals surface area contributed by atoms with E-state index in [0.29, 0.717) is 5.92 Å². The van der Waals surface area contributed by atoms with Crippen molar-refractivity contribution in [2.45, 2.75) is 38.6 Å². The molecule has 0 bridgehead atoms. The minimum atomic E-state index is -0.159. The summed E-state index contributed by atoms with van der Waals surface area (Å²) in [4.78, 5) is 0. The summed E-state index contributed by atoms with van der Waals surface area (Å²) in [5.74, 6) is 0.597. The molecule has 17 heavy (non-hydrogen) atoms. The quantitative estimate of drug-likeness (QED) is 0.794. The average Bonchev–Trinajstić information content (AvgIpc) is 2.64. The van der Waals surface area contributed by atoms with Crippen molar-refractivity contribution in [1.82, 2.24) is 0 Å². The molecule has 1 unspecified atom stereocenters. The van der Waals surface area contributed by atoms with E-state index in [0.717, 1.165) is 32.5 Å². The molecule has 2 heteroatoms. The Morgan fingerprint density at radius 1 is 1.35 bits per heavy atom. The van der Waals surface area contributed by atoms with Crippen molar-refractivity contribution in [3.05, 3.63) is 35.4 Å². The molecule has 2 nitrogen and oxygen atoms in total. The van der Waals surface area contributed by atoms with E-state index in [9.17, 15) is 0 Å². The molecular weight excluding hydrogens is 210 g/mol. The summed E-state index contributed by atoms with van der Waals surface area (Å²) in [7, 11) is 0. The van der Waals surface area contributed by atoms with Gasteiger partial charge in [-0.15, -0.1) is 0 Å². The molecule has 94 valence electrons. The maximum absolute atomic E-state index is 6.51. The van der Waals surface area contributed by atoms with Crippen LogP contribution in [0.15, 0.2) is 24.3 Å². The van der Waals surface area contributed by atoms with Crippen LogP contribution >= 0.6 is 0 Å². The molecule has 0 spiro atoms. The fourth-order valence-corrected chi connectivity index (χ4v) is 2.55. The Morgan fingerprint density at radius 2 is 2.12 bits per heavy atom. The van der Waals surface area contributed by atoms with Gasteiger partial charge in [0.05, 0.1) is 0 Å². The third kappa shape index (κ3) is 2.88. The lowest BCUT2D eigenvalue weighted by Gasteiger charge is -2.25. The Bertz CT molecular complexity index is 375. The Kier molecular flexibility index (Phi) is 3.85. The lowest BCUT2D eigenvalue weighted by atomic mass is 9.90. The highest BCUT2D eigenvalue weighted by molar-refractivity contribution is 5.38. The van der Waals surface area contributed by atoms with E-state index in [2.05, 4.69) is 38.1 Å². The second-order valence-electron chi connectivity index (χ2n) is 5.53. The van der Waals surface area contributed by atoms with Crippen LogP contribution in [-0.4, -0.2) is 13.2 Å². The number of aryl methyl sites for hydroxylation is 1. The van der Waals surface area contributed by atoms with Crippen LogP contribution in [0.5, 0.6) is 0 Å². The van der Waals surface area contributed by atoms with E-state index in [1.807, 2.05) is 0 Å². The Hall–Kier alpha value is -0.860. The number of rotatable bonds is 5. The van der Waals surface area contributed by atoms with E-state index < -0.39 is 0 Å². The van der Waals surface area contributed by atoms with E-state index in [1.54, 1.807) is 0 Å². The second kappa shape index (κ2) is 5.19. The third-order valence-electron chi connectivity index (χ3n) is 3.54. The molecule has 1 atom stereocenters. The average molecular weight is 233 g/mol. The monoisotopic (exact) mass is 233 g/mol. The van der Waals surface area contributed by atoms with Crippen LogP contribution in [-0.2, 0) is 16.7 Å². The first-order chi connectivity index (χ1) is 8.12. The molecule has 0 aliphatic heterocycles. The third-order valence-corrected chi connectivity index (χ3v) is 3.54. The first-order valence-electron chi connectivity index (χ1n) is 6.57. The van der Waals surface area contributed by atoms with Crippen molar-refractivity contribution in [1.29, 1.82) is 0 Å². The highest BCUT2D eigenvalue weighted by atomic mass is 16.5. The highest BCUT2D eigenvalue weighted by Gasteiger charge is 2.34. The van der Waals surface area contributed by atoms with Crippen molar-refractivity contribution in [2.75, 3.05) is 13.2 Å². The van der Waals surface area contributed by atoms with Crippen molar-refractivity contribution in [3.63, 3.8) is 0 Å². The molecule has 1 aromatic rings. The summed E-state index contributed by atoms with van der Waals surface area (Å²) in [5.41, 5.74) is 9.09. The summed E-state index contributed by atoms with van der Waals surface area (Å²) < 4.78 is 5.66. The highest BCUT2D eigenvalue weighted by Crippen LogP contribution is 2.37. The molecule has 1 aliphatic carbocycles. The summed E-state index contributed by atoms with van der Waals surface area (Å²) in [6.45, 7) is 5.94. The van der Waals surface area contributed by atoms with Crippen LogP contribution in [0, 0.1) is 5.92 Å². The molecule has 1 aliphatic rings. The number of hydrogen-bond donors (Lipinski definition) is 1. The first kappa shape index (κ1) is 12.6. The molecule has 0 radical (unpaired) electrons. The fraction of sp³-hybridized carbons (Fsp3) is 0.600. The summed E-state index contributed by atoms with van der Waals surface area (Å²) in [6, 6.07) is 8.55. The smallest absolute Gasteiger partial charge is 0.0489 e. The van der Waals surface area contributed by atoms with Gasteiger partial charge in [0, 0.05) is 18.8 Å². The van der Waals surface area contributed by atoms with Crippen LogP contribution in [0.3, 0.4) is 0 Å². The van der Waals surface area contributed by atoms with E-state index in [-0.39, 0.29) is 5.54 Å². The van der Waals surface area contributed by atoms with Gasteiger partial charge in [0.15, 0.2) is 0 Å². The van der Waals surface area contributed by atoms with Crippen molar-refractivity contribution in [3.8, 4) is 0 Å². The lowest BCUT2D eigenvalue weighted by molar-refractivity contribution is 0.0928. The van der Waals surface area contributed by atoms with Gasteiger partial charge in [0.25, 0.3) is 0 Å². The first-order valence-corrected chi connectivity index (χ1v) is 6.57. The number of fused-ring (bicyclic) bond motifs is 1. The van der Waals surface area contributed by atoms with Crippen LogP contribution in [0.2, 0.25) is 0 Å². The predicted molar refractivity (Wildman–Crippen MR) is 70.9 cm³/mol. The number of hydrogen-bond acceptors (Lipinski definition) is 2. The van der Waals surface area contributed by atoms with E-state index >= 15 is 0 Å². The molecular formula is C15H23NO. The molecule has 0 saturated carbocycles. The van der Waals surface area contributed by atoms with Crippen LogP contribution in [0.1, 0.15) is 37.8 Å². The zero-order valence-electron chi connectivity index (χ0n) is 10.9. The maximum Gasteiger partial charge on any atom is 0.0489 e. The van der Waals surface area contributed by atoms with Gasteiger partial charge in [0.2, 0.25) is 0 Å². The fourth-order valence-electron chi connectivity index (χ4n) is 2.55. The molecule has 2 rings (SSSR count). The number of ether oxygens (including phenoxy) is 1. The van der Waals surface area contributed by atoms with Gasteiger partial charge in [-0.1, -0.05) is 38.1 Å². The molecule has 0 heterocycles. The van der Waals surface area contributed by atoms with Crippen molar-refractivity contribution >= 4 is 0 Å². The van der Waals surface area contributed by atoms with E-state index in [4.69, 9.17) is 10.5 Å². The number of benzene rings is 1. The predicted octanol–water partition coefficient (Wildman–Crippen LogP) is 2.85. The second-order valence-corrected chi connectivity index (χ2v) is 5.53. The van der Waals surface area contributed by atoms with Gasteiger partial charge in [-0.2, -0.15) is 0 Å². The van der Waals surface area contributed by atoms with Gasteiger partial charge in [-0.25, -0.2) is 0 Å². The van der Waals surface area contributed by atoms with Crippen LogP contribution < -0.4 is 5.73 Å². The Labute approximate surface area is 104 Å². The normalized spacial score (nSPS) is 23.1. The summed E-state index contributed by atoms with van der Waals surface area (Å²) in [5, 5.41) is 0.